The predicted octanol–water partition coefficient (Wildman–Crippen LogP) is 0.458. The lowest BCUT2D eigenvalue weighted by atomic mass is 9.94. The van der Waals surface area contributed by atoms with Crippen LogP contribution in [0.1, 0.15) is 32.6 Å². The van der Waals surface area contributed by atoms with E-state index in [1.807, 2.05) is 6.92 Å². The Morgan fingerprint density at radius 2 is 2.07 bits per heavy atom. The van der Waals surface area contributed by atoms with Gasteiger partial charge in [0.15, 0.2) is 0 Å². The first-order chi connectivity index (χ1) is 6.64. The van der Waals surface area contributed by atoms with E-state index in [-0.39, 0.29) is 11.8 Å². The summed E-state index contributed by atoms with van der Waals surface area (Å²) in [5.41, 5.74) is 0. The molecule has 0 aromatic rings. The molecule has 1 fully saturated rings. The fourth-order valence-corrected chi connectivity index (χ4v) is 2.79. The second-order valence-electron chi connectivity index (χ2n) is 3.77. The Balaban J connectivity index is 2.13. The van der Waals surface area contributed by atoms with Crippen LogP contribution in [0.5, 0.6) is 0 Å². The van der Waals surface area contributed by atoms with Gasteiger partial charge in [-0.1, -0.05) is 13.3 Å². The zero-order chi connectivity index (χ0) is 10.4. The first kappa shape index (κ1) is 11.9. The van der Waals surface area contributed by atoms with Gasteiger partial charge in [0.1, 0.15) is 0 Å². The maximum Gasteiger partial charge on any atom is 0.211 e. The van der Waals surface area contributed by atoms with Crippen LogP contribution >= 0.6 is 0 Å². The van der Waals surface area contributed by atoms with Crippen LogP contribution in [-0.4, -0.2) is 33.3 Å². The number of sulfonamides is 1. The van der Waals surface area contributed by atoms with Crippen molar-refractivity contribution in [2.75, 3.05) is 18.8 Å². The van der Waals surface area contributed by atoms with Crippen molar-refractivity contribution in [3.63, 3.8) is 0 Å². The molecule has 0 spiro atoms. The molecule has 1 rings (SSSR count). The lowest BCUT2D eigenvalue weighted by Crippen LogP contribution is -2.40. The maximum absolute atomic E-state index is 11.5. The molecule has 0 heterocycles. The molecule has 0 aromatic heterocycles. The molecule has 0 aliphatic heterocycles. The monoisotopic (exact) mass is 220 g/mol. The molecule has 0 bridgehead atoms. The van der Waals surface area contributed by atoms with Gasteiger partial charge in [-0.15, -0.1) is 0 Å². The number of rotatable bonds is 7. The van der Waals surface area contributed by atoms with Crippen molar-refractivity contribution in [2.24, 2.45) is 0 Å². The van der Waals surface area contributed by atoms with Crippen LogP contribution in [0.25, 0.3) is 0 Å². The van der Waals surface area contributed by atoms with Gasteiger partial charge in [0.2, 0.25) is 10.0 Å². The SMILES string of the molecule is CCNCCCS(=O)(=O)NC1CCC1. The van der Waals surface area contributed by atoms with Crippen molar-refractivity contribution in [1.29, 1.82) is 0 Å². The fraction of sp³-hybridized carbons (Fsp3) is 1.00. The van der Waals surface area contributed by atoms with Gasteiger partial charge in [-0.05, 0) is 32.4 Å². The average Bonchev–Trinajstić information content (AvgIpc) is 2.06. The lowest BCUT2D eigenvalue weighted by molar-refractivity contribution is 0.383. The van der Waals surface area contributed by atoms with E-state index in [4.69, 9.17) is 0 Å². The summed E-state index contributed by atoms with van der Waals surface area (Å²) in [7, 11) is -3.01. The van der Waals surface area contributed by atoms with Crippen LogP contribution in [0.4, 0.5) is 0 Å². The van der Waals surface area contributed by atoms with E-state index in [9.17, 15) is 8.42 Å². The van der Waals surface area contributed by atoms with Crippen molar-refractivity contribution in [3.05, 3.63) is 0 Å². The third-order valence-electron chi connectivity index (χ3n) is 2.47. The van der Waals surface area contributed by atoms with E-state index < -0.39 is 10.0 Å². The highest BCUT2D eigenvalue weighted by molar-refractivity contribution is 7.89. The van der Waals surface area contributed by atoms with E-state index in [0.717, 1.165) is 32.4 Å². The van der Waals surface area contributed by atoms with Crippen LogP contribution < -0.4 is 10.0 Å². The average molecular weight is 220 g/mol. The normalized spacial score (nSPS) is 18.1. The minimum Gasteiger partial charge on any atom is -0.317 e. The topological polar surface area (TPSA) is 58.2 Å². The van der Waals surface area contributed by atoms with Gasteiger partial charge in [-0.25, -0.2) is 13.1 Å². The second kappa shape index (κ2) is 5.68. The zero-order valence-corrected chi connectivity index (χ0v) is 9.57. The van der Waals surface area contributed by atoms with Gasteiger partial charge in [-0.2, -0.15) is 0 Å². The molecule has 1 aliphatic rings. The van der Waals surface area contributed by atoms with Crippen molar-refractivity contribution in [1.82, 2.24) is 10.0 Å². The minimum atomic E-state index is -3.01. The van der Waals surface area contributed by atoms with Gasteiger partial charge in [-0.3, -0.25) is 0 Å². The summed E-state index contributed by atoms with van der Waals surface area (Å²) >= 11 is 0. The molecule has 0 amide bonds. The summed E-state index contributed by atoms with van der Waals surface area (Å²) in [6, 6.07) is 0.221. The minimum absolute atomic E-state index is 0.221. The van der Waals surface area contributed by atoms with Crippen LogP contribution in [0.2, 0.25) is 0 Å². The third-order valence-corrected chi connectivity index (χ3v) is 3.99. The molecule has 2 N–H and O–H groups in total. The van der Waals surface area contributed by atoms with Gasteiger partial charge in [0, 0.05) is 6.04 Å². The summed E-state index contributed by atoms with van der Waals surface area (Å²) in [6.07, 6.45) is 3.86. The number of hydrogen-bond donors (Lipinski definition) is 2. The Hall–Kier alpha value is -0.130. The second-order valence-corrected chi connectivity index (χ2v) is 5.65. The van der Waals surface area contributed by atoms with Gasteiger partial charge in [0.05, 0.1) is 5.75 Å². The van der Waals surface area contributed by atoms with Gasteiger partial charge in [0.25, 0.3) is 0 Å². The standard InChI is InChI=1S/C9H20N2O2S/c1-2-10-7-4-8-14(12,13)11-9-5-3-6-9/h9-11H,2-8H2,1H3. The summed E-state index contributed by atoms with van der Waals surface area (Å²) < 4.78 is 25.6. The number of nitrogens with one attached hydrogen (secondary N) is 2. The Morgan fingerprint density at radius 3 is 2.57 bits per heavy atom. The summed E-state index contributed by atoms with van der Waals surface area (Å²) in [5, 5.41) is 3.11. The third kappa shape index (κ3) is 4.39. The molecule has 5 heteroatoms. The van der Waals surface area contributed by atoms with E-state index in [0.29, 0.717) is 6.42 Å². The molecular formula is C9H20N2O2S. The van der Waals surface area contributed by atoms with Gasteiger partial charge < -0.3 is 5.32 Å². The molecule has 4 nitrogen and oxygen atoms in total. The maximum atomic E-state index is 11.5. The van der Waals surface area contributed by atoms with E-state index in [1.54, 1.807) is 0 Å². The molecule has 0 radical (unpaired) electrons. The largest absolute Gasteiger partial charge is 0.317 e. The highest BCUT2D eigenvalue weighted by Crippen LogP contribution is 2.18. The van der Waals surface area contributed by atoms with Gasteiger partial charge >= 0.3 is 0 Å². The van der Waals surface area contributed by atoms with Crippen LogP contribution in [0.15, 0.2) is 0 Å². The lowest BCUT2D eigenvalue weighted by Gasteiger charge is -2.26. The van der Waals surface area contributed by atoms with E-state index in [2.05, 4.69) is 10.0 Å². The zero-order valence-electron chi connectivity index (χ0n) is 8.75. The first-order valence-electron chi connectivity index (χ1n) is 5.35. The molecule has 0 unspecified atom stereocenters. The molecule has 1 aliphatic carbocycles. The Morgan fingerprint density at radius 1 is 1.36 bits per heavy atom. The van der Waals surface area contributed by atoms with Crippen LogP contribution in [0, 0.1) is 0 Å². The molecule has 84 valence electrons. The highest BCUT2D eigenvalue weighted by Gasteiger charge is 2.22. The molecule has 0 aromatic carbocycles. The molecular weight excluding hydrogens is 200 g/mol. The molecule has 0 saturated heterocycles. The molecule has 14 heavy (non-hydrogen) atoms. The predicted molar refractivity (Wildman–Crippen MR) is 57.7 cm³/mol. The summed E-state index contributed by atoms with van der Waals surface area (Å²) in [5.74, 6) is 0.247. The van der Waals surface area contributed by atoms with Crippen LogP contribution in [0.3, 0.4) is 0 Å². The Labute approximate surface area is 86.5 Å². The smallest absolute Gasteiger partial charge is 0.211 e. The summed E-state index contributed by atoms with van der Waals surface area (Å²) in [6.45, 7) is 3.69. The summed E-state index contributed by atoms with van der Waals surface area (Å²) in [4.78, 5) is 0. The highest BCUT2D eigenvalue weighted by atomic mass is 32.2. The van der Waals surface area contributed by atoms with Crippen molar-refractivity contribution in [2.45, 2.75) is 38.6 Å². The fourth-order valence-electron chi connectivity index (χ4n) is 1.40. The quantitative estimate of drug-likeness (QED) is 0.613. The van der Waals surface area contributed by atoms with Crippen LogP contribution in [-0.2, 0) is 10.0 Å². The Bertz CT molecular complexity index is 248. The molecule has 0 atom stereocenters. The molecule has 1 saturated carbocycles. The van der Waals surface area contributed by atoms with Crippen molar-refractivity contribution in [3.8, 4) is 0 Å². The van der Waals surface area contributed by atoms with E-state index >= 15 is 0 Å². The van der Waals surface area contributed by atoms with E-state index in [1.165, 1.54) is 0 Å². The van der Waals surface area contributed by atoms with Crippen molar-refractivity contribution < 1.29 is 8.42 Å². The first-order valence-corrected chi connectivity index (χ1v) is 7.00. The number of hydrogen-bond acceptors (Lipinski definition) is 3. The Kier molecular flexibility index (Phi) is 4.84. The van der Waals surface area contributed by atoms with Crippen molar-refractivity contribution >= 4 is 10.0 Å².